The molecule has 0 saturated carbocycles. The molecule has 0 aliphatic rings. The Kier molecular flexibility index (Phi) is 52.1. The minimum absolute atomic E-state index is 0. The molecule has 0 atom stereocenters. The van der Waals surface area contributed by atoms with E-state index >= 15 is 0 Å². The number of hydrogen-bond donors (Lipinski definition) is 0. The Bertz CT molecular complexity index is 172. The van der Waals surface area contributed by atoms with Gasteiger partial charge in [-0.3, -0.25) is 14.6 Å². The van der Waals surface area contributed by atoms with Crippen molar-refractivity contribution in [2.45, 2.75) is 0 Å². The summed E-state index contributed by atoms with van der Waals surface area (Å²) in [4.78, 5) is 23.4. The van der Waals surface area contributed by atoms with Gasteiger partial charge in [-0.25, -0.2) is 19.5 Å². The minimum atomic E-state index is -2.92. The monoisotopic (exact) mass is 436 g/mol. The maximum Gasteiger partial charge on any atom is 2.00 e. The van der Waals surface area contributed by atoms with E-state index in [1.165, 1.54) is 0 Å². The number of carbonyl (C=O) groups is 2. The zero-order chi connectivity index (χ0) is 13.7. The molecule has 19 heavy (non-hydrogen) atoms. The molecule has 0 aromatic rings. The molecule has 0 bridgehead atoms. The van der Waals surface area contributed by atoms with E-state index in [4.69, 9.17) is 30.1 Å². The van der Waals surface area contributed by atoms with Crippen molar-refractivity contribution in [3.63, 3.8) is 0 Å². The zero-order valence-corrected chi connectivity index (χ0v) is 18.0. The van der Waals surface area contributed by atoms with Gasteiger partial charge in [-0.2, -0.15) is 0 Å². The summed E-state index contributed by atoms with van der Waals surface area (Å²) in [5.41, 5.74) is 0. The molecule has 0 rings (SSSR count). The Morgan fingerprint density at radius 3 is 0.842 bits per heavy atom. The topological polar surface area (TPSA) is 191 Å². The van der Waals surface area contributed by atoms with Gasteiger partial charge in [0, 0.05) is 9.05 Å². The number of carbonyl (C=O) groups excluding carboxylic acids is 2. The second kappa shape index (κ2) is 27.0. The molecule has 94 valence electrons. The van der Waals surface area contributed by atoms with Gasteiger partial charge in [-0.15, -0.1) is 0 Å². The Morgan fingerprint density at radius 2 is 0.789 bits per heavy atom. The third-order valence-corrected chi connectivity index (χ3v) is 0.307. The van der Waals surface area contributed by atoms with Crippen LogP contribution in [0.5, 0.6) is 0 Å². The summed E-state index contributed by atoms with van der Waals surface area (Å²) >= 11 is 0. The summed E-state index contributed by atoms with van der Waals surface area (Å²) in [6.07, 6.45) is 0. The largest absolute Gasteiger partial charge is 2.00 e. The van der Waals surface area contributed by atoms with Crippen LogP contribution in [0.15, 0.2) is 0 Å². The van der Waals surface area contributed by atoms with Gasteiger partial charge < -0.3 is 30.1 Å². The van der Waals surface area contributed by atoms with Crippen molar-refractivity contribution in [2.24, 2.45) is 0 Å². The summed E-state index contributed by atoms with van der Waals surface area (Å²) in [6.45, 7) is 0. The van der Waals surface area contributed by atoms with Crippen molar-refractivity contribution in [1.29, 1.82) is 0 Å². The molecule has 0 N–H and O–H groups in total. The normalized spacial score (nSPS) is 6.11. The zero-order valence-electron chi connectivity index (χ0n) is 9.11. The van der Waals surface area contributed by atoms with Gasteiger partial charge >= 0.3 is 70.4 Å². The molecule has 0 aromatic carbocycles. The number of hydrogen-bond acceptors (Lipinski definition) is 10. The van der Waals surface area contributed by atoms with E-state index < -0.39 is 26.6 Å². The standard InChI is InChI=1S/C2F2O4.2BO3.3Zn/c3-7-1(5)2(6)8-4;2*2-1(3)4;;;/q;2*-3;3*+2. The first kappa shape index (κ1) is 36.6. The molecule has 0 saturated heterocycles. The van der Waals surface area contributed by atoms with Crippen LogP contribution in [0.4, 0.5) is 9.05 Å². The van der Waals surface area contributed by atoms with Crippen LogP contribution in [-0.4, -0.2) is 26.6 Å². The fourth-order valence-corrected chi connectivity index (χ4v) is 0.0630. The molecule has 10 nitrogen and oxygen atoms in total. The third-order valence-electron chi connectivity index (χ3n) is 0.307. The molecule has 0 unspecified atom stereocenters. The SMILES string of the molecule is O=C(OF)C(=O)OF.[O-]B([O-])[O-].[O-]B([O-])[O-].[Zn+2].[Zn+2].[Zn+2]. The fraction of sp³-hybridized carbons (Fsp3) is 0. The first-order valence-electron chi connectivity index (χ1n) is 2.79. The van der Waals surface area contributed by atoms with Crippen molar-refractivity contribution < 1.29 is 117 Å². The molecule has 0 spiro atoms. The Labute approximate surface area is 143 Å². The molecule has 17 heteroatoms. The molecule has 0 aliphatic carbocycles. The molecule has 0 aliphatic heterocycles. The van der Waals surface area contributed by atoms with Crippen molar-refractivity contribution >= 4 is 26.6 Å². The molecule has 0 fully saturated rings. The van der Waals surface area contributed by atoms with Crippen LogP contribution in [0.3, 0.4) is 0 Å². The van der Waals surface area contributed by atoms with Crippen molar-refractivity contribution in [1.82, 2.24) is 0 Å². The number of rotatable bonds is 0. The second-order valence-electron chi connectivity index (χ2n) is 1.31. The maximum absolute atomic E-state index is 10.5. The van der Waals surface area contributed by atoms with E-state index in [2.05, 4.69) is 9.88 Å². The van der Waals surface area contributed by atoms with Gasteiger partial charge in [0.2, 0.25) is 0 Å². The van der Waals surface area contributed by atoms with Crippen LogP contribution in [0.25, 0.3) is 0 Å². The van der Waals surface area contributed by atoms with E-state index in [1.54, 1.807) is 0 Å². The van der Waals surface area contributed by atoms with Crippen molar-refractivity contribution in [2.75, 3.05) is 0 Å². The van der Waals surface area contributed by atoms with Crippen LogP contribution in [0.1, 0.15) is 0 Å². The number of halogens is 2. The van der Waals surface area contributed by atoms with Crippen LogP contribution in [-0.2, 0) is 77.9 Å². The Hall–Kier alpha value is 0.560. The quantitative estimate of drug-likeness (QED) is 0.258. The van der Waals surface area contributed by atoms with Gasteiger partial charge in [0.15, 0.2) is 0 Å². The van der Waals surface area contributed by atoms with E-state index in [0.717, 1.165) is 0 Å². The average Bonchev–Trinajstić information content (AvgIpc) is 2.13. The van der Waals surface area contributed by atoms with Gasteiger partial charge in [0.05, 0.1) is 0 Å². The second-order valence-corrected chi connectivity index (χ2v) is 1.31. The molecular weight excluding hydrogens is 440 g/mol. The molecule has 0 aromatic heterocycles. The first-order valence-corrected chi connectivity index (χ1v) is 2.79. The third kappa shape index (κ3) is 69.5. The predicted molar refractivity (Wildman–Crippen MR) is 25.9 cm³/mol. The van der Waals surface area contributed by atoms with Crippen molar-refractivity contribution in [3.05, 3.63) is 0 Å². The van der Waals surface area contributed by atoms with Crippen LogP contribution in [0, 0.1) is 0 Å². The van der Waals surface area contributed by atoms with E-state index in [0.29, 0.717) is 0 Å². The molecule has 0 amide bonds. The molecule has 0 heterocycles. The smallest absolute Gasteiger partial charge is 0.907 e. The summed E-state index contributed by atoms with van der Waals surface area (Å²) in [5, 5.41) is 50.5. The van der Waals surface area contributed by atoms with Crippen LogP contribution >= 0.6 is 0 Å². The van der Waals surface area contributed by atoms with Crippen LogP contribution < -0.4 is 30.1 Å². The average molecular weight is 440 g/mol. The first-order chi connectivity index (χ1) is 7.18. The van der Waals surface area contributed by atoms with Crippen molar-refractivity contribution in [3.8, 4) is 0 Å². The van der Waals surface area contributed by atoms with E-state index in [-0.39, 0.29) is 58.4 Å². The van der Waals surface area contributed by atoms with Gasteiger partial charge in [-0.05, 0) is 0 Å². The predicted octanol–water partition coefficient (Wildman–Crippen LogP) is -8.06. The summed E-state index contributed by atoms with van der Waals surface area (Å²) in [6, 6.07) is 0. The van der Waals surface area contributed by atoms with Crippen LogP contribution in [0.2, 0.25) is 0 Å². The van der Waals surface area contributed by atoms with E-state index in [1.807, 2.05) is 0 Å². The Morgan fingerprint density at radius 1 is 0.684 bits per heavy atom. The minimum Gasteiger partial charge on any atom is -0.907 e. The van der Waals surface area contributed by atoms with Gasteiger partial charge in [0.25, 0.3) is 0 Å². The Balaban J connectivity index is -0.0000000337. The summed E-state index contributed by atoms with van der Waals surface area (Å²) < 4.78 is 21.0. The summed E-state index contributed by atoms with van der Waals surface area (Å²) in [7, 11) is -5.83. The summed E-state index contributed by atoms with van der Waals surface area (Å²) in [5.74, 6) is -4.04. The molecule has 0 radical (unpaired) electrons. The van der Waals surface area contributed by atoms with Gasteiger partial charge in [0.1, 0.15) is 0 Å². The molecular formula is C2B2F2O10Zn3. The maximum atomic E-state index is 10.5. The van der Waals surface area contributed by atoms with E-state index in [9.17, 15) is 18.6 Å². The van der Waals surface area contributed by atoms with Gasteiger partial charge in [-0.1, -0.05) is 0 Å². The fourth-order valence-electron chi connectivity index (χ4n) is 0.0630.